The average Bonchev–Trinajstić information content (AvgIpc) is 3.20. The molecule has 0 bridgehead atoms. The molecule has 1 fully saturated rings. The summed E-state index contributed by atoms with van der Waals surface area (Å²) in [5.41, 5.74) is 2.36. The van der Waals surface area contributed by atoms with Gasteiger partial charge in [0.1, 0.15) is 5.65 Å². The number of rotatable bonds is 1. The first-order chi connectivity index (χ1) is 14.3. The number of fused-ring (bicyclic) bond motifs is 4. The maximum atomic E-state index is 13.5. The predicted molar refractivity (Wildman–Crippen MR) is 121 cm³/mol. The van der Waals surface area contributed by atoms with Gasteiger partial charge in [0.2, 0.25) is 0 Å². The maximum absolute atomic E-state index is 13.5. The van der Waals surface area contributed by atoms with E-state index < -0.39 is 18.3 Å². The number of nitrogens with zero attached hydrogens (tertiary/aromatic N) is 2. The van der Waals surface area contributed by atoms with Crippen LogP contribution in [-0.2, 0) is 9.31 Å². The van der Waals surface area contributed by atoms with E-state index >= 15 is 0 Å². The molecule has 5 aromatic rings. The van der Waals surface area contributed by atoms with Gasteiger partial charge < -0.3 is 9.31 Å². The number of hydrogen-bond donors (Lipinski definition) is 0. The van der Waals surface area contributed by atoms with Crippen LogP contribution < -0.4 is 11.0 Å². The Balaban J connectivity index is 1.71. The lowest BCUT2D eigenvalue weighted by Crippen LogP contribution is -2.41. The van der Waals surface area contributed by atoms with Crippen molar-refractivity contribution in [2.24, 2.45) is 0 Å². The topological polar surface area (TPSA) is 52.8 Å². The zero-order chi connectivity index (χ0) is 20.8. The van der Waals surface area contributed by atoms with E-state index in [2.05, 4.69) is 0 Å². The zero-order valence-corrected chi connectivity index (χ0v) is 17.4. The Kier molecular flexibility index (Phi) is 3.33. The zero-order valence-electron chi connectivity index (χ0n) is 17.4. The lowest BCUT2D eigenvalue weighted by atomic mass is 9.75. The minimum absolute atomic E-state index is 0.0529. The van der Waals surface area contributed by atoms with Crippen LogP contribution in [0, 0.1) is 0 Å². The quantitative estimate of drug-likeness (QED) is 0.404. The molecule has 0 unspecified atom stereocenters. The summed E-state index contributed by atoms with van der Waals surface area (Å²) in [6.45, 7) is 8.18. The molecule has 6 heteroatoms. The second kappa shape index (κ2) is 5.59. The first kappa shape index (κ1) is 17.9. The van der Waals surface area contributed by atoms with Crippen molar-refractivity contribution >= 4 is 50.8 Å². The Morgan fingerprint density at radius 1 is 0.833 bits per heavy atom. The van der Waals surface area contributed by atoms with Gasteiger partial charge in [-0.3, -0.25) is 9.20 Å². The van der Waals surface area contributed by atoms with Crippen LogP contribution in [0.5, 0.6) is 0 Å². The molecule has 1 aliphatic rings. The summed E-state index contributed by atoms with van der Waals surface area (Å²) in [6, 6.07) is 17.7. The highest BCUT2D eigenvalue weighted by Crippen LogP contribution is 2.38. The van der Waals surface area contributed by atoms with Crippen molar-refractivity contribution in [3.8, 4) is 0 Å². The Bertz CT molecular complexity index is 1520. The smallest absolute Gasteiger partial charge is 0.399 e. The third-order valence-corrected chi connectivity index (χ3v) is 6.82. The van der Waals surface area contributed by atoms with E-state index in [1.54, 1.807) is 4.40 Å². The fourth-order valence-electron chi connectivity index (χ4n) is 4.50. The lowest BCUT2D eigenvalue weighted by Gasteiger charge is -2.32. The highest BCUT2D eigenvalue weighted by Gasteiger charge is 2.52. The van der Waals surface area contributed by atoms with Gasteiger partial charge in [0, 0.05) is 16.2 Å². The molecule has 0 radical (unpaired) electrons. The van der Waals surface area contributed by atoms with Gasteiger partial charge in [-0.1, -0.05) is 36.4 Å². The molecule has 148 valence electrons. The van der Waals surface area contributed by atoms with Crippen molar-refractivity contribution in [1.29, 1.82) is 0 Å². The standard InChI is InChI=1S/C24H21BN2O3/c1-23(2)24(3,4)30-25(29-23)17-13-12-15-20-14(17)8-7-9-16(20)22(28)27-19-11-6-5-10-18(19)26-21(15)27/h5-13H,1-4H3. The molecule has 0 amide bonds. The first-order valence-electron chi connectivity index (χ1n) is 10.2. The largest absolute Gasteiger partial charge is 0.495 e. The molecule has 2 aromatic heterocycles. The minimum atomic E-state index is -0.491. The van der Waals surface area contributed by atoms with E-state index in [-0.39, 0.29) is 5.56 Å². The molecule has 1 aliphatic heterocycles. The highest BCUT2D eigenvalue weighted by molar-refractivity contribution is 6.65. The molecule has 3 aromatic carbocycles. The van der Waals surface area contributed by atoms with Crippen molar-refractivity contribution in [3.63, 3.8) is 0 Å². The fraction of sp³-hybridized carbons (Fsp3) is 0.250. The maximum Gasteiger partial charge on any atom is 0.495 e. The molecule has 6 rings (SSSR count). The molecule has 30 heavy (non-hydrogen) atoms. The van der Waals surface area contributed by atoms with Crippen LogP contribution >= 0.6 is 0 Å². The molecule has 0 atom stereocenters. The van der Waals surface area contributed by atoms with Gasteiger partial charge >= 0.3 is 7.12 Å². The Labute approximate surface area is 173 Å². The van der Waals surface area contributed by atoms with E-state index in [0.29, 0.717) is 11.0 Å². The normalized spacial score (nSPS) is 18.3. The van der Waals surface area contributed by atoms with Gasteiger partial charge in [-0.2, -0.15) is 0 Å². The number of pyridine rings is 1. The highest BCUT2D eigenvalue weighted by atomic mass is 16.7. The molecular formula is C24H21BN2O3. The number of benzene rings is 3. The van der Waals surface area contributed by atoms with Crippen molar-refractivity contribution in [2.45, 2.75) is 38.9 Å². The van der Waals surface area contributed by atoms with Gasteiger partial charge in [0.05, 0.1) is 22.2 Å². The number of imidazole rings is 1. The van der Waals surface area contributed by atoms with E-state index in [1.807, 2.05) is 82.3 Å². The van der Waals surface area contributed by atoms with Crippen LogP contribution in [0.1, 0.15) is 27.7 Å². The average molecular weight is 396 g/mol. The fourth-order valence-corrected chi connectivity index (χ4v) is 4.50. The van der Waals surface area contributed by atoms with Crippen molar-refractivity contribution in [2.75, 3.05) is 0 Å². The van der Waals surface area contributed by atoms with Gasteiger partial charge in [0.15, 0.2) is 0 Å². The summed E-state index contributed by atoms with van der Waals surface area (Å²) in [4.78, 5) is 18.2. The number of hydrogen-bond acceptors (Lipinski definition) is 4. The molecule has 5 nitrogen and oxygen atoms in total. The van der Waals surface area contributed by atoms with Crippen LogP contribution in [0.25, 0.3) is 38.2 Å². The summed E-state index contributed by atoms with van der Waals surface area (Å²) in [7, 11) is -0.491. The minimum Gasteiger partial charge on any atom is -0.399 e. The third-order valence-electron chi connectivity index (χ3n) is 6.82. The molecular weight excluding hydrogens is 375 g/mol. The van der Waals surface area contributed by atoms with Crippen LogP contribution in [0.4, 0.5) is 0 Å². The molecule has 0 spiro atoms. The summed E-state index contributed by atoms with van der Waals surface area (Å²) in [5.74, 6) is 0. The van der Waals surface area contributed by atoms with E-state index in [1.165, 1.54) is 0 Å². The van der Waals surface area contributed by atoms with Gasteiger partial charge in [-0.15, -0.1) is 0 Å². The van der Waals surface area contributed by atoms with Gasteiger partial charge in [0.25, 0.3) is 5.56 Å². The van der Waals surface area contributed by atoms with Crippen LogP contribution in [0.3, 0.4) is 0 Å². The summed E-state index contributed by atoms with van der Waals surface area (Å²) in [6.07, 6.45) is 0. The Morgan fingerprint density at radius 2 is 1.53 bits per heavy atom. The monoisotopic (exact) mass is 396 g/mol. The van der Waals surface area contributed by atoms with Crippen LogP contribution in [-0.4, -0.2) is 27.7 Å². The summed E-state index contributed by atoms with van der Waals surface area (Å²) in [5, 5.41) is 3.51. The molecule has 0 saturated carbocycles. The summed E-state index contributed by atoms with van der Waals surface area (Å²) >= 11 is 0. The Hall–Kier alpha value is -2.96. The number of para-hydroxylation sites is 2. The van der Waals surface area contributed by atoms with Crippen LogP contribution in [0.2, 0.25) is 0 Å². The molecule has 3 heterocycles. The number of aromatic nitrogens is 2. The van der Waals surface area contributed by atoms with Crippen LogP contribution in [0.15, 0.2) is 59.4 Å². The van der Waals surface area contributed by atoms with Gasteiger partial charge in [-0.05, 0) is 56.7 Å². The Morgan fingerprint density at radius 3 is 2.30 bits per heavy atom. The van der Waals surface area contributed by atoms with E-state index in [4.69, 9.17) is 14.3 Å². The molecule has 1 saturated heterocycles. The van der Waals surface area contributed by atoms with Crippen molar-refractivity contribution < 1.29 is 9.31 Å². The van der Waals surface area contributed by atoms with Gasteiger partial charge in [-0.25, -0.2) is 4.98 Å². The van der Waals surface area contributed by atoms with E-state index in [0.717, 1.165) is 32.7 Å². The predicted octanol–water partition coefficient (Wildman–Crippen LogP) is 3.89. The SMILES string of the molecule is CC1(C)OB(c2ccc3c4c2cccc4c(=O)n2c4ccccc4nc32)OC1(C)C. The second-order valence-corrected chi connectivity index (χ2v) is 9.08. The first-order valence-corrected chi connectivity index (χ1v) is 10.2. The molecule has 0 aliphatic carbocycles. The third kappa shape index (κ3) is 2.15. The molecule has 0 N–H and O–H groups in total. The van der Waals surface area contributed by atoms with Crippen molar-refractivity contribution in [3.05, 3.63) is 65.0 Å². The summed E-state index contributed by atoms with van der Waals surface area (Å²) < 4.78 is 14.3. The lowest BCUT2D eigenvalue weighted by molar-refractivity contribution is 0.00578. The van der Waals surface area contributed by atoms with Crippen molar-refractivity contribution in [1.82, 2.24) is 9.38 Å². The van der Waals surface area contributed by atoms with E-state index in [9.17, 15) is 4.79 Å². The second-order valence-electron chi connectivity index (χ2n) is 9.08.